The molecule has 0 radical (unpaired) electrons. The summed E-state index contributed by atoms with van der Waals surface area (Å²) in [6.07, 6.45) is 4.16. The van der Waals surface area contributed by atoms with E-state index in [1.807, 2.05) is 0 Å². The summed E-state index contributed by atoms with van der Waals surface area (Å²) >= 11 is 0. The van der Waals surface area contributed by atoms with E-state index in [0.717, 1.165) is 6.54 Å². The van der Waals surface area contributed by atoms with E-state index >= 15 is 0 Å². The summed E-state index contributed by atoms with van der Waals surface area (Å²) in [5.74, 6) is 0. The lowest BCUT2D eigenvalue weighted by atomic mass is 9.80. The molecule has 92 valence electrons. The minimum absolute atomic E-state index is 0.590. The minimum Gasteiger partial charge on any atom is -0.316 e. The molecule has 2 nitrogen and oxygen atoms in total. The second kappa shape index (κ2) is 4.79. The Kier molecular flexibility index (Phi) is 3.17. The van der Waals surface area contributed by atoms with E-state index in [9.17, 15) is 0 Å². The van der Waals surface area contributed by atoms with Crippen LogP contribution in [0.2, 0.25) is 0 Å². The maximum Gasteiger partial charge on any atom is 0.0233 e. The number of rotatable bonds is 2. The molecule has 1 spiro atoms. The fourth-order valence-electron chi connectivity index (χ4n) is 3.38. The fourth-order valence-corrected chi connectivity index (χ4v) is 3.38. The smallest absolute Gasteiger partial charge is 0.0233 e. The Morgan fingerprint density at radius 2 is 2.06 bits per heavy atom. The van der Waals surface area contributed by atoms with Gasteiger partial charge in [0.2, 0.25) is 0 Å². The molecule has 2 aliphatic heterocycles. The van der Waals surface area contributed by atoms with E-state index in [2.05, 4.69) is 40.5 Å². The Morgan fingerprint density at radius 3 is 2.82 bits per heavy atom. The standard InChI is InChI=1S/C15H22N2/c1-2-5-14(6-3-1)11-17-10-8-15(13-17)7-4-9-16-12-15/h1-3,5-6,16H,4,7-13H2/t15-/m0/s1. The normalized spacial score (nSPS) is 29.9. The molecule has 2 saturated heterocycles. The maximum atomic E-state index is 3.58. The molecule has 1 atom stereocenters. The molecule has 0 unspecified atom stereocenters. The monoisotopic (exact) mass is 230 g/mol. The lowest BCUT2D eigenvalue weighted by Gasteiger charge is -2.34. The number of piperidine rings is 1. The first-order valence-corrected chi connectivity index (χ1v) is 6.83. The van der Waals surface area contributed by atoms with Gasteiger partial charge >= 0.3 is 0 Å². The number of nitrogens with zero attached hydrogens (tertiary/aromatic N) is 1. The van der Waals surface area contributed by atoms with Crippen LogP contribution < -0.4 is 5.32 Å². The third-order valence-electron chi connectivity index (χ3n) is 4.33. The quantitative estimate of drug-likeness (QED) is 0.838. The third kappa shape index (κ3) is 2.53. The number of nitrogens with one attached hydrogen (secondary N) is 1. The summed E-state index contributed by atoms with van der Waals surface area (Å²) in [6, 6.07) is 10.9. The highest BCUT2D eigenvalue weighted by atomic mass is 15.2. The van der Waals surface area contributed by atoms with Gasteiger partial charge in [0.1, 0.15) is 0 Å². The van der Waals surface area contributed by atoms with E-state index < -0.39 is 0 Å². The molecule has 0 aromatic heterocycles. The van der Waals surface area contributed by atoms with E-state index in [1.54, 1.807) is 0 Å². The number of benzene rings is 1. The second-order valence-corrected chi connectivity index (χ2v) is 5.73. The molecule has 2 heterocycles. The summed E-state index contributed by atoms with van der Waals surface area (Å²) < 4.78 is 0. The molecule has 0 saturated carbocycles. The number of hydrogen-bond donors (Lipinski definition) is 1. The Hall–Kier alpha value is -0.860. The van der Waals surface area contributed by atoms with Gasteiger partial charge in [-0.2, -0.15) is 0 Å². The average Bonchev–Trinajstić information content (AvgIpc) is 2.74. The van der Waals surface area contributed by atoms with Gasteiger partial charge in [0.25, 0.3) is 0 Å². The first-order chi connectivity index (χ1) is 8.36. The first-order valence-electron chi connectivity index (χ1n) is 6.83. The predicted molar refractivity (Wildman–Crippen MR) is 70.9 cm³/mol. The average molecular weight is 230 g/mol. The van der Waals surface area contributed by atoms with Crippen LogP contribution in [0.15, 0.2) is 30.3 Å². The van der Waals surface area contributed by atoms with Crippen molar-refractivity contribution in [3.63, 3.8) is 0 Å². The molecule has 0 bridgehead atoms. The van der Waals surface area contributed by atoms with Crippen molar-refractivity contribution in [1.29, 1.82) is 0 Å². The lowest BCUT2D eigenvalue weighted by molar-refractivity contribution is 0.199. The second-order valence-electron chi connectivity index (χ2n) is 5.73. The van der Waals surface area contributed by atoms with Gasteiger partial charge in [-0.05, 0) is 43.3 Å². The van der Waals surface area contributed by atoms with Crippen LogP contribution in [0.3, 0.4) is 0 Å². The van der Waals surface area contributed by atoms with Crippen molar-refractivity contribution in [3.8, 4) is 0 Å². The van der Waals surface area contributed by atoms with Gasteiger partial charge in [-0.1, -0.05) is 30.3 Å². The predicted octanol–water partition coefficient (Wildman–Crippen LogP) is 2.26. The Morgan fingerprint density at radius 1 is 1.18 bits per heavy atom. The van der Waals surface area contributed by atoms with Crippen LogP contribution in [0, 0.1) is 5.41 Å². The molecule has 3 rings (SSSR count). The van der Waals surface area contributed by atoms with E-state index in [4.69, 9.17) is 0 Å². The van der Waals surface area contributed by atoms with Crippen molar-refractivity contribution in [2.45, 2.75) is 25.8 Å². The van der Waals surface area contributed by atoms with Crippen molar-refractivity contribution in [3.05, 3.63) is 35.9 Å². The molecule has 2 fully saturated rings. The van der Waals surface area contributed by atoms with E-state index in [1.165, 1.54) is 51.0 Å². The Balaban J connectivity index is 1.60. The topological polar surface area (TPSA) is 15.3 Å². The van der Waals surface area contributed by atoms with Crippen molar-refractivity contribution < 1.29 is 0 Å². The highest BCUT2D eigenvalue weighted by molar-refractivity contribution is 5.15. The molecular formula is C15H22N2. The van der Waals surface area contributed by atoms with Crippen LogP contribution in [-0.4, -0.2) is 31.1 Å². The zero-order chi connectivity index (χ0) is 11.6. The van der Waals surface area contributed by atoms with Gasteiger partial charge in [-0.3, -0.25) is 4.90 Å². The summed E-state index contributed by atoms with van der Waals surface area (Å²) in [7, 11) is 0. The van der Waals surface area contributed by atoms with Crippen LogP contribution in [0.5, 0.6) is 0 Å². The third-order valence-corrected chi connectivity index (χ3v) is 4.33. The Labute approximate surface area is 104 Å². The molecule has 1 aromatic carbocycles. The minimum atomic E-state index is 0.590. The van der Waals surface area contributed by atoms with Gasteiger partial charge in [-0.15, -0.1) is 0 Å². The maximum absolute atomic E-state index is 3.58. The zero-order valence-electron chi connectivity index (χ0n) is 10.5. The highest BCUT2D eigenvalue weighted by Gasteiger charge is 2.38. The molecule has 2 aliphatic rings. The van der Waals surface area contributed by atoms with Crippen LogP contribution in [-0.2, 0) is 6.54 Å². The van der Waals surface area contributed by atoms with Crippen LogP contribution in [0.4, 0.5) is 0 Å². The summed E-state index contributed by atoms with van der Waals surface area (Å²) in [4.78, 5) is 2.63. The fraction of sp³-hybridized carbons (Fsp3) is 0.600. The van der Waals surface area contributed by atoms with Gasteiger partial charge in [0, 0.05) is 19.6 Å². The van der Waals surface area contributed by atoms with Gasteiger partial charge < -0.3 is 5.32 Å². The molecule has 1 N–H and O–H groups in total. The number of hydrogen-bond acceptors (Lipinski definition) is 2. The van der Waals surface area contributed by atoms with Crippen LogP contribution >= 0.6 is 0 Å². The lowest BCUT2D eigenvalue weighted by Crippen LogP contribution is -2.41. The molecular weight excluding hydrogens is 208 g/mol. The highest BCUT2D eigenvalue weighted by Crippen LogP contribution is 2.36. The largest absolute Gasteiger partial charge is 0.316 e. The van der Waals surface area contributed by atoms with Crippen molar-refractivity contribution in [1.82, 2.24) is 10.2 Å². The number of likely N-dealkylation sites (tertiary alicyclic amines) is 1. The van der Waals surface area contributed by atoms with Crippen LogP contribution in [0.1, 0.15) is 24.8 Å². The van der Waals surface area contributed by atoms with Crippen LogP contribution in [0.25, 0.3) is 0 Å². The van der Waals surface area contributed by atoms with Gasteiger partial charge in [-0.25, -0.2) is 0 Å². The summed E-state index contributed by atoms with van der Waals surface area (Å²) in [6.45, 7) is 6.15. The molecule has 0 amide bonds. The first kappa shape index (κ1) is 11.2. The van der Waals surface area contributed by atoms with Gasteiger partial charge in [0.05, 0.1) is 0 Å². The summed E-state index contributed by atoms with van der Waals surface area (Å²) in [5, 5.41) is 3.58. The zero-order valence-corrected chi connectivity index (χ0v) is 10.5. The van der Waals surface area contributed by atoms with Crippen molar-refractivity contribution in [2.24, 2.45) is 5.41 Å². The molecule has 17 heavy (non-hydrogen) atoms. The van der Waals surface area contributed by atoms with Crippen molar-refractivity contribution >= 4 is 0 Å². The van der Waals surface area contributed by atoms with Gasteiger partial charge in [0.15, 0.2) is 0 Å². The van der Waals surface area contributed by atoms with E-state index in [-0.39, 0.29) is 0 Å². The summed E-state index contributed by atoms with van der Waals surface area (Å²) in [5.41, 5.74) is 2.04. The molecule has 1 aromatic rings. The van der Waals surface area contributed by atoms with Crippen molar-refractivity contribution in [2.75, 3.05) is 26.2 Å². The SMILES string of the molecule is c1ccc(CN2CC[C@]3(CCCNC3)C2)cc1. The molecule has 0 aliphatic carbocycles. The Bertz CT molecular complexity index is 354. The van der Waals surface area contributed by atoms with E-state index in [0.29, 0.717) is 5.41 Å². The molecule has 2 heteroatoms.